The van der Waals surface area contributed by atoms with E-state index in [9.17, 15) is 12.9 Å². The van der Waals surface area contributed by atoms with Gasteiger partial charge in [-0.1, -0.05) is 11.6 Å². The summed E-state index contributed by atoms with van der Waals surface area (Å²) in [6, 6.07) is 4.47. The van der Waals surface area contributed by atoms with Crippen LogP contribution in [0.5, 0.6) is 0 Å². The standard InChI is InChI=1S/C7H7BClF3NS.K/c9-5-1-2-6(13)7(3-5)14-4-8(10,11)12;/h1-3H,4,13H2;/q-1;+1. The minimum absolute atomic E-state index is 0. The van der Waals surface area contributed by atoms with Gasteiger partial charge in [0.2, 0.25) is 0 Å². The van der Waals surface area contributed by atoms with E-state index in [2.05, 4.69) is 0 Å². The summed E-state index contributed by atoms with van der Waals surface area (Å²) in [6.45, 7) is -4.79. The molecule has 1 rings (SSSR count). The molecule has 15 heavy (non-hydrogen) atoms. The van der Waals surface area contributed by atoms with Crippen molar-refractivity contribution >= 4 is 36.0 Å². The monoisotopic (exact) mass is 279 g/mol. The Kier molecular flexibility index (Phi) is 7.30. The third-order valence-corrected chi connectivity index (χ3v) is 2.85. The molecule has 1 aromatic carbocycles. The fourth-order valence-corrected chi connectivity index (χ4v) is 1.87. The Labute approximate surface area is 138 Å². The maximum atomic E-state index is 11.9. The van der Waals surface area contributed by atoms with Crippen molar-refractivity contribution in [2.75, 3.05) is 11.4 Å². The molecule has 0 radical (unpaired) electrons. The summed E-state index contributed by atoms with van der Waals surface area (Å²) >= 11 is 6.28. The molecule has 0 aliphatic carbocycles. The molecule has 0 aliphatic rings. The minimum Gasteiger partial charge on any atom is -0.448 e. The molecule has 78 valence electrons. The molecule has 8 heteroatoms. The van der Waals surface area contributed by atoms with Gasteiger partial charge in [0.25, 0.3) is 0 Å². The quantitative estimate of drug-likeness (QED) is 0.493. The van der Waals surface area contributed by atoms with Gasteiger partial charge in [0.05, 0.1) is 0 Å². The summed E-state index contributed by atoms with van der Waals surface area (Å²) in [4.78, 5) is 0.372. The Hall–Kier alpha value is 1.15. The Morgan fingerprint density at radius 1 is 1.33 bits per heavy atom. The van der Waals surface area contributed by atoms with Crippen molar-refractivity contribution in [3.8, 4) is 0 Å². The summed E-state index contributed by atoms with van der Waals surface area (Å²) in [5.41, 5.74) is 4.90. The Balaban J connectivity index is 0.00000196. The number of halogens is 4. The average molecular weight is 280 g/mol. The van der Waals surface area contributed by atoms with E-state index < -0.39 is 12.6 Å². The molecule has 0 heterocycles. The van der Waals surface area contributed by atoms with Gasteiger partial charge in [0.15, 0.2) is 0 Å². The van der Waals surface area contributed by atoms with Crippen molar-refractivity contribution in [1.29, 1.82) is 0 Å². The molecule has 0 aromatic heterocycles. The van der Waals surface area contributed by atoms with Crippen LogP contribution < -0.4 is 57.1 Å². The van der Waals surface area contributed by atoms with E-state index in [1.165, 1.54) is 12.1 Å². The van der Waals surface area contributed by atoms with E-state index in [4.69, 9.17) is 17.3 Å². The van der Waals surface area contributed by atoms with E-state index in [0.717, 1.165) is 0 Å². The Morgan fingerprint density at radius 3 is 2.47 bits per heavy atom. The molecule has 0 fully saturated rings. The van der Waals surface area contributed by atoms with Gasteiger partial charge < -0.3 is 18.7 Å². The molecule has 1 nitrogen and oxygen atoms in total. The van der Waals surface area contributed by atoms with Crippen molar-refractivity contribution in [3.05, 3.63) is 23.2 Å². The van der Waals surface area contributed by atoms with Crippen molar-refractivity contribution in [2.24, 2.45) is 0 Å². The first kappa shape index (κ1) is 16.2. The summed E-state index contributed by atoms with van der Waals surface area (Å²) in [5, 5.41) is 0.386. The Morgan fingerprint density at radius 2 is 1.93 bits per heavy atom. The second-order valence-electron chi connectivity index (χ2n) is 2.70. The number of nitrogen functional groups attached to an aromatic ring is 1. The maximum Gasteiger partial charge on any atom is 1.00 e. The normalized spacial score (nSPS) is 10.9. The zero-order valence-corrected chi connectivity index (χ0v) is 12.7. The predicted octanol–water partition coefficient (Wildman–Crippen LogP) is 0.405. The van der Waals surface area contributed by atoms with Gasteiger partial charge in [-0.05, 0) is 23.9 Å². The first-order valence-electron chi connectivity index (χ1n) is 3.77. The van der Waals surface area contributed by atoms with Crippen LogP contribution in [0.3, 0.4) is 0 Å². The number of anilines is 1. The molecular weight excluding hydrogens is 273 g/mol. The van der Waals surface area contributed by atoms with Gasteiger partial charge in [0, 0.05) is 15.6 Å². The number of nitrogens with two attached hydrogens (primary N) is 1. The second kappa shape index (κ2) is 6.78. The fraction of sp³-hybridized carbons (Fsp3) is 0.143. The number of hydrogen-bond acceptors (Lipinski definition) is 2. The third kappa shape index (κ3) is 6.45. The summed E-state index contributed by atoms with van der Waals surface area (Å²) in [7, 11) is 0. The van der Waals surface area contributed by atoms with Gasteiger partial charge in [0.1, 0.15) is 0 Å². The van der Waals surface area contributed by atoms with Crippen LogP contribution >= 0.6 is 23.4 Å². The zero-order valence-electron chi connectivity index (χ0n) is 8.01. The van der Waals surface area contributed by atoms with Crippen LogP contribution in [0, 0.1) is 0 Å². The molecule has 0 saturated heterocycles. The van der Waals surface area contributed by atoms with Gasteiger partial charge in [-0.3, -0.25) is 0 Å². The molecule has 0 bridgehead atoms. The topological polar surface area (TPSA) is 26.0 Å². The van der Waals surface area contributed by atoms with Crippen molar-refractivity contribution in [3.63, 3.8) is 0 Å². The second-order valence-corrected chi connectivity index (χ2v) is 4.20. The largest absolute Gasteiger partial charge is 1.00 e. The van der Waals surface area contributed by atoms with Crippen molar-refractivity contribution in [2.45, 2.75) is 4.90 Å². The van der Waals surface area contributed by atoms with Crippen LogP contribution in [0.1, 0.15) is 0 Å². The molecule has 1 aromatic rings. The smallest absolute Gasteiger partial charge is 0.448 e. The number of rotatable bonds is 3. The minimum atomic E-state index is -4.79. The van der Waals surface area contributed by atoms with Gasteiger partial charge in [-0.2, -0.15) is 11.8 Å². The van der Waals surface area contributed by atoms with E-state index in [1.54, 1.807) is 6.07 Å². The average Bonchev–Trinajstić information content (AvgIpc) is 2.05. The Bertz CT molecular complexity index is 337. The zero-order chi connectivity index (χ0) is 10.8. The molecule has 0 spiro atoms. The number of hydrogen-bond donors (Lipinski definition) is 1. The summed E-state index contributed by atoms with van der Waals surface area (Å²) in [5.74, 6) is 0. The summed E-state index contributed by atoms with van der Waals surface area (Å²) in [6.07, 6.45) is 0. The van der Waals surface area contributed by atoms with Gasteiger partial charge in [-0.25, -0.2) is 0 Å². The van der Waals surface area contributed by atoms with Crippen molar-refractivity contribution in [1.82, 2.24) is 0 Å². The van der Waals surface area contributed by atoms with E-state index >= 15 is 0 Å². The number of benzene rings is 1. The van der Waals surface area contributed by atoms with Crippen LogP contribution in [0.4, 0.5) is 18.6 Å². The SMILES string of the molecule is Nc1ccc(Cl)cc1SC[B-](F)(F)F.[K+]. The van der Waals surface area contributed by atoms with E-state index in [0.29, 0.717) is 27.4 Å². The number of thioether (sulfide) groups is 1. The third-order valence-electron chi connectivity index (χ3n) is 1.40. The molecule has 0 amide bonds. The summed E-state index contributed by atoms with van der Waals surface area (Å²) < 4.78 is 35.8. The molecule has 2 N–H and O–H groups in total. The molecule has 0 saturated carbocycles. The molecule has 0 unspecified atom stereocenters. The van der Waals surface area contributed by atoms with Crippen molar-refractivity contribution < 1.29 is 64.3 Å². The fourth-order valence-electron chi connectivity index (χ4n) is 0.817. The van der Waals surface area contributed by atoms with E-state index in [1.807, 2.05) is 0 Å². The van der Waals surface area contributed by atoms with Crippen LogP contribution in [0.15, 0.2) is 23.1 Å². The van der Waals surface area contributed by atoms with Crippen LogP contribution in [0.25, 0.3) is 0 Å². The molecular formula is C7H7BClF3KNS. The predicted molar refractivity (Wildman–Crippen MR) is 55.7 cm³/mol. The van der Waals surface area contributed by atoms with E-state index in [-0.39, 0.29) is 51.4 Å². The van der Waals surface area contributed by atoms with Gasteiger partial charge in [-0.15, -0.1) is 0 Å². The van der Waals surface area contributed by atoms with Crippen LogP contribution in [-0.2, 0) is 0 Å². The molecule has 0 aliphatic heterocycles. The van der Waals surface area contributed by atoms with Gasteiger partial charge >= 0.3 is 58.4 Å². The van der Waals surface area contributed by atoms with Crippen LogP contribution in [0.2, 0.25) is 5.02 Å². The molecule has 0 atom stereocenters. The maximum absolute atomic E-state index is 11.9. The first-order valence-corrected chi connectivity index (χ1v) is 5.13. The van der Waals surface area contributed by atoms with Crippen LogP contribution in [-0.4, -0.2) is 12.6 Å². The first-order chi connectivity index (χ1) is 6.38.